The van der Waals surface area contributed by atoms with Gasteiger partial charge < -0.3 is 5.32 Å². The van der Waals surface area contributed by atoms with Crippen LogP contribution in [0.25, 0.3) is 20.8 Å². The van der Waals surface area contributed by atoms with Gasteiger partial charge >= 0.3 is 0 Å². The minimum absolute atomic E-state index is 0.0601. The maximum Gasteiger partial charge on any atom is 0.243 e. The third-order valence-corrected chi connectivity index (χ3v) is 9.40. The van der Waals surface area contributed by atoms with Gasteiger partial charge in [-0.05, 0) is 54.7 Å². The molecule has 0 spiro atoms. The van der Waals surface area contributed by atoms with Crippen LogP contribution in [-0.2, 0) is 10.0 Å². The van der Waals surface area contributed by atoms with E-state index in [1.807, 2.05) is 42.5 Å². The van der Waals surface area contributed by atoms with Crippen LogP contribution < -0.4 is 5.32 Å². The van der Waals surface area contributed by atoms with Crippen LogP contribution in [0.1, 0.15) is 30.6 Å². The van der Waals surface area contributed by atoms with Crippen molar-refractivity contribution in [2.75, 3.05) is 25.0 Å². The van der Waals surface area contributed by atoms with Crippen LogP contribution in [0.5, 0.6) is 0 Å². The molecule has 1 N–H and O–H groups in total. The first-order chi connectivity index (χ1) is 17.3. The summed E-state index contributed by atoms with van der Waals surface area (Å²) in [6.45, 7) is 5.24. The van der Waals surface area contributed by atoms with Gasteiger partial charge in [-0.2, -0.15) is 4.31 Å². The minimum atomic E-state index is -3.64. The topological polar surface area (TPSA) is 79.4 Å². The highest BCUT2D eigenvalue weighted by Gasteiger charge is 2.32. The molecule has 186 valence electrons. The zero-order valence-electron chi connectivity index (χ0n) is 20.3. The molecule has 4 aromatic rings. The van der Waals surface area contributed by atoms with Crippen LogP contribution in [0.15, 0.2) is 77.7 Å². The number of hydrogen-bond acceptors (Lipinski definition) is 6. The van der Waals surface area contributed by atoms with Crippen molar-refractivity contribution in [3.8, 4) is 10.6 Å². The fourth-order valence-electron chi connectivity index (χ4n) is 4.82. The lowest BCUT2D eigenvalue weighted by atomic mass is 9.94. The van der Waals surface area contributed by atoms with Gasteiger partial charge in [-0.3, -0.25) is 4.79 Å². The summed E-state index contributed by atoms with van der Waals surface area (Å²) in [6, 6.07) is 22.2. The Kier molecular flexibility index (Phi) is 6.92. The van der Waals surface area contributed by atoms with Gasteiger partial charge in [0.2, 0.25) is 10.0 Å². The van der Waals surface area contributed by atoms with E-state index in [9.17, 15) is 13.2 Å². The number of Topliss-reactive ketones (excluding diaryl/α,β-unsaturated/α-hetero) is 1. The summed E-state index contributed by atoms with van der Waals surface area (Å²) in [5, 5.41) is 4.11. The predicted molar refractivity (Wildman–Crippen MR) is 146 cm³/mol. The molecule has 8 heteroatoms. The zero-order valence-corrected chi connectivity index (χ0v) is 22.0. The number of para-hydroxylation sites is 1. The molecule has 2 unspecified atom stereocenters. The Morgan fingerprint density at radius 1 is 1.00 bits per heavy atom. The maximum absolute atomic E-state index is 13.3. The Bertz CT molecular complexity index is 1470. The molecule has 0 bridgehead atoms. The number of benzene rings is 3. The van der Waals surface area contributed by atoms with Crippen molar-refractivity contribution in [3.63, 3.8) is 0 Å². The predicted octanol–water partition coefficient (Wildman–Crippen LogP) is 5.92. The van der Waals surface area contributed by atoms with E-state index < -0.39 is 10.0 Å². The van der Waals surface area contributed by atoms with Gasteiger partial charge in [0.1, 0.15) is 5.01 Å². The van der Waals surface area contributed by atoms with Gasteiger partial charge in [0, 0.05) is 29.9 Å². The summed E-state index contributed by atoms with van der Waals surface area (Å²) >= 11 is 1.63. The summed E-state index contributed by atoms with van der Waals surface area (Å²) < 4.78 is 29.2. The van der Waals surface area contributed by atoms with Gasteiger partial charge in [-0.15, -0.1) is 11.3 Å². The van der Waals surface area contributed by atoms with Crippen molar-refractivity contribution in [1.82, 2.24) is 9.29 Å². The smallest absolute Gasteiger partial charge is 0.243 e. The van der Waals surface area contributed by atoms with Gasteiger partial charge in [0.25, 0.3) is 0 Å². The lowest BCUT2D eigenvalue weighted by Crippen LogP contribution is -2.42. The third-order valence-electron chi connectivity index (χ3n) is 6.49. The Morgan fingerprint density at radius 3 is 2.53 bits per heavy atom. The van der Waals surface area contributed by atoms with Crippen LogP contribution in [0, 0.1) is 11.8 Å². The van der Waals surface area contributed by atoms with Crippen LogP contribution in [-0.4, -0.2) is 43.1 Å². The minimum Gasteiger partial charge on any atom is -0.378 e. The number of rotatable bonds is 7. The largest absolute Gasteiger partial charge is 0.378 e. The number of ketones is 1. The van der Waals surface area contributed by atoms with Crippen molar-refractivity contribution in [3.05, 3.63) is 78.4 Å². The maximum atomic E-state index is 13.3. The molecule has 1 aromatic heterocycles. The molecule has 2 heterocycles. The third kappa shape index (κ3) is 5.21. The Balaban J connectivity index is 1.29. The summed E-state index contributed by atoms with van der Waals surface area (Å²) in [5.41, 5.74) is 3.13. The highest BCUT2D eigenvalue weighted by Crippen LogP contribution is 2.31. The number of anilines is 1. The fourth-order valence-corrected chi connectivity index (χ4v) is 7.51. The second-order valence-electron chi connectivity index (χ2n) is 9.64. The van der Waals surface area contributed by atoms with E-state index in [0.29, 0.717) is 30.5 Å². The molecule has 0 amide bonds. The molecule has 0 radical (unpaired) electrons. The molecule has 1 fully saturated rings. The van der Waals surface area contributed by atoms with Crippen molar-refractivity contribution >= 4 is 43.0 Å². The van der Waals surface area contributed by atoms with E-state index in [1.165, 1.54) is 6.07 Å². The number of nitrogens with zero attached hydrogens (tertiary/aromatic N) is 2. The second kappa shape index (κ2) is 10.1. The van der Waals surface area contributed by atoms with E-state index in [2.05, 4.69) is 25.2 Å². The van der Waals surface area contributed by atoms with Gasteiger partial charge in [-0.1, -0.05) is 50.2 Å². The molecule has 5 rings (SSSR count). The Hall–Kier alpha value is -3.07. The van der Waals surface area contributed by atoms with Crippen molar-refractivity contribution < 1.29 is 13.2 Å². The standard InChI is InChI=1S/C28H29N3O3S2/c1-19-13-20(2)18-31(17-19)36(33,34)24-10-6-7-21(15-24)26(32)16-29-23-9-5-8-22(14-23)28-30-25-11-3-4-12-27(25)35-28/h3-12,14-15,19-20,29H,13,16-18H2,1-2H3. The van der Waals surface area contributed by atoms with Crippen molar-refractivity contribution in [1.29, 1.82) is 0 Å². The van der Waals surface area contributed by atoms with Crippen molar-refractivity contribution in [2.24, 2.45) is 11.8 Å². The zero-order chi connectivity index (χ0) is 25.3. The number of nitrogens with one attached hydrogen (secondary N) is 1. The fraction of sp³-hybridized carbons (Fsp3) is 0.286. The van der Waals surface area contributed by atoms with E-state index >= 15 is 0 Å². The average molecular weight is 520 g/mol. The molecular formula is C28H29N3O3S2. The molecule has 6 nitrogen and oxygen atoms in total. The number of carbonyl (C=O) groups excluding carboxylic acids is 1. The first-order valence-corrected chi connectivity index (χ1v) is 14.4. The molecule has 1 aliphatic rings. The first kappa shape index (κ1) is 24.6. The number of sulfonamides is 1. The molecular weight excluding hydrogens is 490 g/mol. The van der Waals surface area contributed by atoms with E-state index in [-0.39, 0.29) is 17.2 Å². The normalized spacial score (nSPS) is 18.8. The Labute approximate surface area is 216 Å². The number of thiazole rings is 1. The molecule has 36 heavy (non-hydrogen) atoms. The van der Waals surface area contributed by atoms with Crippen LogP contribution >= 0.6 is 11.3 Å². The van der Waals surface area contributed by atoms with Crippen LogP contribution in [0.2, 0.25) is 0 Å². The summed E-state index contributed by atoms with van der Waals surface area (Å²) in [6.07, 6.45) is 1.02. The highest BCUT2D eigenvalue weighted by atomic mass is 32.2. The molecule has 0 aliphatic carbocycles. The molecule has 1 saturated heterocycles. The van der Waals surface area contributed by atoms with Crippen molar-refractivity contribution in [2.45, 2.75) is 25.2 Å². The van der Waals surface area contributed by atoms with E-state index in [4.69, 9.17) is 4.98 Å². The summed E-state index contributed by atoms with van der Waals surface area (Å²) in [5.74, 6) is 0.463. The van der Waals surface area contributed by atoms with E-state index in [0.717, 1.165) is 32.9 Å². The summed E-state index contributed by atoms with van der Waals surface area (Å²) in [7, 11) is -3.64. The van der Waals surface area contributed by atoms with E-state index in [1.54, 1.807) is 33.8 Å². The molecule has 0 saturated carbocycles. The average Bonchev–Trinajstić information content (AvgIpc) is 3.31. The van der Waals surface area contributed by atoms with Crippen LogP contribution in [0.4, 0.5) is 5.69 Å². The SMILES string of the molecule is CC1CC(C)CN(S(=O)(=O)c2cccc(C(=O)CNc3cccc(-c4nc5ccccc5s4)c3)c2)C1. The molecule has 1 aliphatic heterocycles. The molecule has 2 atom stereocenters. The van der Waals surface area contributed by atoms with Crippen LogP contribution in [0.3, 0.4) is 0 Å². The van der Waals surface area contributed by atoms with Gasteiger partial charge in [0.05, 0.1) is 21.7 Å². The number of hydrogen-bond donors (Lipinski definition) is 1. The monoisotopic (exact) mass is 519 g/mol. The second-order valence-corrected chi connectivity index (χ2v) is 12.6. The first-order valence-electron chi connectivity index (χ1n) is 12.1. The Morgan fingerprint density at radius 2 is 1.75 bits per heavy atom. The number of carbonyl (C=O) groups is 1. The van der Waals surface area contributed by atoms with Gasteiger partial charge in [0.15, 0.2) is 5.78 Å². The molecule has 3 aromatic carbocycles. The number of aromatic nitrogens is 1. The summed E-state index contributed by atoms with van der Waals surface area (Å²) in [4.78, 5) is 17.9. The number of piperidine rings is 1. The lowest BCUT2D eigenvalue weighted by Gasteiger charge is -2.34. The van der Waals surface area contributed by atoms with Gasteiger partial charge in [-0.25, -0.2) is 13.4 Å². The quantitative estimate of drug-likeness (QED) is 0.306. The lowest BCUT2D eigenvalue weighted by molar-refractivity contribution is 0.101. The highest BCUT2D eigenvalue weighted by molar-refractivity contribution is 7.89. The number of fused-ring (bicyclic) bond motifs is 1.